The highest BCUT2D eigenvalue weighted by molar-refractivity contribution is 5.39. The van der Waals surface area contributed by atoms with E-state index in [0.29, 0.717) is 18.1 Å². The molecular weight excluding hydrogens is 324 g/mol. The minimum absolute atomic E-state index is 0.148. The number of benzene rings is 1. The maximum absolute atomic E-state index is 6.71. The average Bonchev–Trinajstić information content (AvgIpc) is 3.03. The molecule has 1 aromatic carbocycles. The summed E-state index contributed by atoms with van der Waals surface area (Å²) >= 11 is 0. The number of aromatic nitrogens is 1. The number of nitrogens with zero attached hydrogens (tertiary/aromatic N) is 2. The minimum atomic E-state index is -0.216. The molecular formula is C22H26N2O2. The van der Waals surface area contributed by atoms with Gasteiger partial charge in [0.2, 0.25) is 0 Å². The zero-order valence-corrected chi connectivity index (χ0v) is 15.5. The molecule has 2 saturated heterocycles. The molecule has 2 fully saturated rings. The Hall–Kier alpha value is -1.91. The van der Waals surface area contributed by atoms with Crippen molar-refractivity contribution in [1.29, 1.82) is 0 Å². The number of para-hydroxylation sites is 1. The van der Waals surface area contributed by atoms with Crippen LogP contribution in [0, 0.1) is 5.92 Å². The third-order valence-electron chi connectivity index (χ3n) is 6.38. The Bertz CT molecular complexity index is 792. The predicted octanol–water partition coefficient (Wildman–Crippen LogP) is 3.97. The SMILES string of the molecule is CC1(C)Oc2ccccc2[C@@H]2O[C@@H]3CCN(Cc4cccnc4)[C@@H]3C[C@H]21. The van der Waals surface area contributed by atoms with Gasteiger partial charge in [0.15, 0.2) is 0 Å². The summed E-state index contributed by atoms with van der Waals surface area (Å²) in [5, 5.41) is 0. The van der Waals surface area contributed by atoms with E-state index < -0.39 is 0 Å². The second kappa shape index (κ2) is 6.07. The van der Waals surface area contributed by atoms with Crippen LogP contribution in [0.25, 0.3) is 0 Å². The first-order valence-corrected chi connectivity index (χ1v) is 9.68. The highest BCUT2D eigenvalue weighted by atomic mass is 16.5. The van der Waals surface area contributed by atoms with Crippen LogP contribution in [0.3, 0.4) is 0 Å². The van der Waals surface area contributed by atoms with Crippen molar-refractivity contribution >= 4 is 0 Å². The summed E-state index contributed by atoms with van der Waals surface area (Å²) in [6.07, 6.45) is 6.51. The minimum Gasteiger partial charge on any atom is -0.487 e. The van der Waals surface area contributed by atoms with Gasteiger partial charge in [-0.3, -0.25) is 9.88 Å². The van der Waals surface area contributed by atoms with Crippen LogP contribution in [0.1, 0.15) is 43.9 Å². The van der Waals surface area contributed by atoms with E-state index in [4.69, 9.17) is 9.47 Å². The molecule has 2 aromatic rings. The summed E-state index contributed by atoms with van der Waals surface area (Å²) in [7, 11) is 0. The summed E-state index contributed by atoms with van der Waals surface area (Å²) in [4.78, 5) is 6.84. The van der Waals surface area contributed by atoms with E-state index in [1.165, 1.54) is 11.1 Å². The van der Waals surface area contributed by atoms with Gasteiger partial charge >= 0.3 is 0 Å². The van der Waals surface area contributed by atoms with Crippen LogP contribution in [0.4, 0.5) is 0 Å². The molecule has 0 unspecified atom stereocenters. The fraction of sp³-hybridized carbons (Fsp3) is 0.500. The van der Waals surface area contributed by atoms with Crippen molar-refractivity contribution < 1.29 is 9.47 Å². The Balaban J connectivity index is 1.42. The average molecular weight is 350 g/mol. The standard InChI is InChI=1S/C22H26N2O2/c1-22(2)17-12-18-20(9-11-24(18)14-15-6-5-10-23-13-15)25-21(17)16-7-3-4-8-19(16)26-22/h3-8,10,13,17-18,20-21H,9,11-12,14H2,1-2H3/t17-,18-,20-,21+/m1/s1. The molecule has 0 radical (unpaired) electrons. The Labute approximate surface area is 155 Å². The van der Waals surface area contributed by atoms with E-state index in [-0.39, 0.29) is 11.7 Å². The van der Waals surface area contributed by atoms with Gasteiger partial charge in [-0.2, -0.15) is 0 Å². The van der Waals surface area contributed by atoms with Gasteiger partial charge in [0, 0.05) is 43.0 Å². The lowest BCUT2D eigenvalue weighted by atomic mass is 9.74. The smallest absolute Gasteiger partial charge is 0.125 e. The number of rotatable bonds is 2. The van der Waals surface area contributed by atoms with E-state index in [2.05, 4.69) is 48.0 Å². The lowest BCUT2D eigenvalue weighted by molar-refractivity contribution is -0.162. The van der Waals surface area contributed by atoms with Gasteiger partial charge in [0.05, 0.1) is 12.2 Å². The van der Waals surface area contributed by atoms with Gasteiger partial charge in [-0.15, -0.1) is 0 Å². The summed E-state index contributed by atoms with van der Waals surface area (Å²) in [6, 6.07) is 13.0. The molecule has 26 heavy (non-hydrogen) atoms. The van der Waals surface area contributed by atoms with Gasteiger partial charge < -0.3 is 9.47 Å². The van der Waals surface area contributed by atoms with Crippen LogP contribution < -0.4 is 4.74 Å². The van der Waals surface area contributed by atoms with Gasteiger partial charge in [-0.05, 0) is 44.4 Å². The monoisotopic (exact) mass is 350 g/mol. The first-order chi connectivity index (χ1) is 12.6. The fourth-order valence-electron chi connectivity index (χ4n) is 5.04. The van der Waals surface area contributed by atoms with Crippen LogP contribution in [-0.2, 0) is 11.3 Å². The molecule has 136 valence electrons. The summed E-state index contributed by atoms with van der Waals surface area (Å²) < 4.78 is 13.1. The molecule has 0 saturated carbocycles. The van der Waals surface area contributed by atoms with Crippen LogP contribution in [-0.4, -0.2) is 34.2 Å². The Morgan fingerprint density at radius 1 is 1.19 bits per heavy atom. The number of hydrogen-bond donors (Lipinski definition) is 0. The largest absolute Gasteiger partial charge is 0.487 e. The molecule has 0 spiro atoms. The van der Waals surface area contributed by atoms with E-state index >= 15 is 0 Å². The van der Waals surface area contributed by atoms with Gasteiger partial charge in [0.25, 0.3) is 0 Å². The topological polar surface area (TPSA) is 34.6 Å². The molecule has 0 N–H and O–H groups in total. The zero-order chi connectivity index (χ0) is 17.7. The van der Waals surface area contributed by atoms with E-state index in [1.54, 1.807) is 0 Å². The molecule has 1 aromatic heterocycles. The maximum Gasteiger partial charge on any atom is 0.125 e. The highest BCUT2D eigenvalue weighted by Crippen LogP contribution is 2.52. The number of fused-ring (bicyclic) bond motifs is 4. The number of pyridine rings is 1. The molecule has 4 heterocycles. The van der Waals surface area contributed by atoms with Crippen molar-refractivity contribution in [1.82, 2.24) is 9.88 Å². The summed E-state index contributed by atoms with van der Waals surface area (Å²) in [5.74, 6) is 1.36. The van der Waals surface area contributed by atoms with Gasteiger partial charge in [0.1, 0.15) is 11.4 Å². The number of ether oxygens (including phenoxy) is 2. The second-order valence-corrected chi connectivity index (χ2v) is 8.37. The third kappa shape index (κ3) is 2.63. The van der Waals surface area contributed by atoms with Crippen molar-refractivity contribution in [2.24, 2.45) is 5.92 Å². The molecule has 4 atom stereocenters. The summed E-state index contributed by atoms with van der Waals surface area (Å²) in [5.41, 5.74) is 2.28. The van der Waals surface area contributed by atoms with Crippen molar-refractivity contribution in [3.63, 3.8) is 0 Å². The Morgan fingerprint density at radius 2 is 2.08 bits per heavy atom. The molecule has 0 aliphatic carbocycles. The Kier molecular flexibility index (Phi) is 3.80. The van der Waals surface area contributed by atoms with E-state index in [1.807, 2.05) is 24.5 Å². The first kappa shape index (κ1) is 16.3. The van der Waals surface area contributed by atoms with Crippen molar-refractivity contribution in [3.05, 3.63) is 59.9 Å². The zero-order valence-electron chi connectivity index (χ0n) is 15.5. The number of likely N-dealkylation sites (tertiary alicyclic amines) is 1. The van der Waals surface area contributed by atoms with Crippen molar-refractivity contribution in [2.75, 3.05) is 6.54 Å². The molecule has 3 aliphatic rings. The quantitative estimate of drug-likeness (QED) is 0.821. The molecule has 4 nitrogen and oxygen atoms in total. The van der Waals surface area contributed by atoms with Crippen LogP contribution in [0.2, 0.25) is 0 Å². The predicted molar refractivity (Wildman–Crippen MR) is 99.9 cm³/mol. The fourth-order valence-corrected chi connectivity index (χ4v) is 5.04. The van der Waals surface area contributed by atoms with E-state index in [9.17, 15) is 0 Å². The van der Waals surface area contributed by atoms with Crippen molar-refractivity contribution in [3.8, 4) is 5.75 Å². The van der Waals surface area contributed by atoms with Gasteiger partial charge in [-0.25, -0.2) is 0 Å². The highest BCUT2D eigenvalue weighted by Gasteiger charge is 2.52. The molecule has 3 aliphatic heterocycles. The molecule has 5 rings (SSSR count). The normalized spacial score (nSPS) is 32.2. The van der Waals surface area contributed by atoms with E-state index in [0.717, 1.165) is 31.7 Å². The van der Waals surface area contributed by atoms with Crippen molar-refractivity contribution in [2.45, 2.75) is 57.1 Å². The lowest BCUT2D eigenvalue weighted by Crippen LogP contribution is -2.53. The lowest BCUT2D eigenvalue weighted by Gasteiger charge is -2.50. The van der Waals surface area contributed by atoms with Gasteiger partial charge in [-0.1, -0.05) is 24.3 Å². The van der Waals surface area contributed by atoms with Crippen LogP contribution in [0.15, 0.2) is 48.8 Å². The molecule has 4 heteroatoms. The van der Waals surface area contributed by atoms with Crippen LogP contribution >= 0.6 is 0 Å². The maximum atomic E-state index is 6.71. The summed E-state index contributed by atoms with van der Waals surface area (Å²) in [6.45, 7) is 6.47. The first-order valence-electron chi connectivity index (χ1n) is 9.68. The third-order valence-corrected chi connectivity index (χ3v) is 6.38. The number of hydrogen-bond acceptors (Lipinski definition) is 4. The molecule has 0 amide bonds. The Morgan fingerprint density at radius 3 is 2.92 bits per heavy atom. The second-order valence-electron chi connectivity index (χ2n) is 8.37. The molecule has 0 bridgehead atoms. The van der Waals surface area contributed by atoms with Crippen LogP contribution in [0.5, 0.6) is 5.75 Å².